The minimum Gasteiger partial charge on any atom is -0.400 e. The van der Waals surface area contributed by atoms with Gasteiger partial charge >= 0.3 is 0 Å². The standard InChI is InChI=1S/C9H9NO/c10-8-5-6-3-1-2-4-7(6)9(8)11/h1-5,9,11H,10H2. The molecule has 2 nitrogen and oxygen atoms in total. The Labute approximate surface area is 65.0 Å². The van der Waals surface area contributed by atoms with Crippen molar-refractivity contribution in [2.75, 3.05) is 0 Å². The van der Waals surface area contributed by atoms with Crippen LogP contribution in [0.4, 0.5) is 0 Å². The van der Waals surface area contributed by atoms with Gasteiger partial charge in [-0.2, -0.15) is 0 Å². The van der Waals surface area contributed by atoms with Gasteiger partial charge in [0, 0.05) is 5.70 Å². The van der Waals surface area contributed by atoms with Crippen molar-refractivity contribution in [3.05, 3.63) is 41.1 Å². The van der Waals surface area contributed by atoms with Crippen LogP contribution >= 0.6 is 0 Å². The van der Waals surface area contributed by atoms with Crippen LogP contribution < -0.4 is 5.73 Å². The van der Waals surface area contributed by atoms with Gasteiger partial charge in [-0.25, -0.2) is 0 Å². The van der Waals surface area contributed by atoms with Crippen molar-refractivity contribution in [1.82, 2.24) is 0 Å². The molecule has 0 aliphatic heterocycles. The molecule has 2 heteroatoms. The van der Waals surface area contributed by atoms with E-state index in [0.717, 1.165) is 11.1 Å². The number of fused-ring (bicyclic) bond motifs is 1. The number of nitrogens with two attached hydrogens (primary N) is 1. The van der Waals surface area contributed by atoms with E-state index < -0.39 is 6.10 Å². The first-order chi connectivity index (χ1) is 5.29. The van der Waals surface area contributed by atoms with E-state index in [0.29, 0.717) is 5.70 Å². The molecule has 56 valence electrons. The number of aliphatic hydroxyl groups excluding tert-OH is 1. The number of hydrogen-bond donors (Lipinski definition) is 2. The molecule has 2 rings (SSSR count). The smallest absolute Gasteiger partial charge is 0.119 e. The summed E-state index contributed by atoms with van der Waals surface area (Å²) in [4.78, 5) is 0. The summed E-state index contributed by atoms with van der Waals surface area (Å²) < 4.78 is 0. The molecular weight excluding hydrogens is 138 g/mol. The van der Waals surface area contributed by atoms with Crippen molar-refractivity contribution in [3.8, 4) is 0 Å². The highest BCUT2D eigenvalue weighted by atomic mass is 16.3. The van der Waals surface area contributed by atoms with Crippen molar-refractivity contribution >= 4 is 6.08 Å². The molecule has 0 saturated heterocycles. The molecule has 0 aromatic heterocycles. The van der Waals surface area contributed by atoms with Gasteiger partial charge in [-0.05, 0) is 17.2 Å². The number of hydrogen-bond acceptors (Lipinski definition) is 2. The van der Waals surface area contributed by atoms with Crippen LogP contribution in [-0.4, -0.2) is 5.11 Å². The van der Waals surface area contributed by atoms with Gasteiger partial charge in [0.25, 0.3) is 0 Å². The molecule has 0 fully saturated rings. The second-order valence-electron chi connectivity index (χ2n) is 2.68. The zero-order valence-corrected chi connectivity index (χ0v) is 5.99. The summed E-state index contributed by atoms with van der Waals surface area (Å²) in [5.74, 6) is 0. The number of benzene rings is 1. The fourth-order valence-electron chi connectivity index (χ4n) is 1.33. The SMILES string of the molecule is NC1=Cc2ccccc2C1O. The van der Waals surface area contributed by atoms with Crippen LogP contribution in [0.1, 0.15) is 17.2 Å². The molecule has 1 aromatic rings. The highest BCUT2D eigenvalue weighted by molar-refractivity contribution is 5.64. The van der Waals surface area contributed by atoms with Crippen LogP contribution in [0.15, 0.2) is 30.0 Å². The summed E-state index contributed by atoms with van der Waals surface area (Å²) in [6.45, 7) is 0. The van der Waals surface area contributed by atoms with E-state index in [9.17, 15) is 5.11 Å². The average molecular weight is 147 g/mol. The molecule has 0 spiro atoms. The number of rotatable bonds is 0. The molecule has 1 atom stereocenters. The molecule has 0 radical (unpaired) electrons. The Morgan fingerprint density at radius 1 is 1.27 bits per heavy atom. The Kier molecular flexibility index (Phi) is 1.23. The van der Waals surface area contributed by atoms with Crippen molar-refractivity contribution in [2.24, 2.45) is 5.73 Å². The van der Waals surface area contributed by atoms with Crippen LogP contribution in [0.3, 0.4) is 0 Å². The van der Waals surface area contributed by atoms with E-state index in [2.05, 4.69) is 0 Å². The van der Waals surface area contributed by atoms with Gasteiger partial charge in [-0.15, -0.1) is 0 Å². The van der Waals surface area contributed by atoms with Gasteiger partial charge in [-0.1, -0.05) is 24.3 Å². The minimum atomic E-state index is -0.591. The zero-order chi connectivity index (χ0) is 7.84. The molecule has 1 aliphatic carbocycles. The first-order valence-corrected chi connectivity index (χ1v) is 3.53. The van der Waals surface area contributed by atoms with E-state index in [4.69, 9.17) is 5.73 Å². The Bertz CT molecular complexity index is 317. The third kappa shape index (κ3) is 0.835. The lowest BCUT2D eigenvalue weighted by Gasteiger charge is -2.04. The fourth-order valence-corrected chi connectivity index (χ4v) is 1.33. The molecule has 1 unspecified atom stereocenters. The Hall–Kier alpha value is -1.28. The molecule has 1 aromatic carbocycles. The van der Waals surface area contributed by atoms with Crippen molar-refractivity contribution < 1.29 is 5.11 Å². The minimum absolute atomic E-state index is 0.534. The lowest BCUT2D eigenvalue weighted by molar-refractivity contribution is 0.218. The second kappa shape index (κ2) is 2.10. The molecule has 0 amide bonds. The van der Waals surface area contributed by atoms with E-state index in [1.54, 1.807) is 6.08 Å². The predicted molar refractivity (Wildman–Crippen MR) is 43.6 cm³/mol. The van der Waals surface area contributed by atoms with Gasteiger partial charge in [-0.3, -0.25) is 0 Å². The Morgan fingerprint density at radius 3 is 2.73 bits per heavy atom. The van der Waals surface area contributed by atoms with Gasteiger partial charge in [0.1, 0.15) is 6.10 Å². The first kappa shape index (κ1) is 6.43. The maximum atomic E-state index is 9.46. The van der Waals surface area contributed by atoms with Gasteiger partial charge in [0.2, 0.25) is 0 Å². The topological polar surface area (TPSA) is 46.2 Å². The lowest BCUT2D eigenvalue weighted by atomic mass is 10.1. The van der Waals surface area contributed by atoms with Crippen molar-refractivity contribution in [2.45, 2.75) is 6.10 Å². The van der Waals surface area contributed by atoms with Crippen LogP contribution in [0, 0.1) is 0 Å². The maximum absolute atomic E-state index is 9.46. The third-order valence-corrected chi connectivity index (χ3v) is 1.93. The van der Waals surface area contributed by atoms with Gasteiger partial charge in [0.15, 0.2) is 0 Å². The molecule has 11 heavy (non-hydrogen) atoms. The summed E-state index contributed by atoms with van der Waals surface area (Å²) in [6.07, 6.45) is 1.21. The predicted octanol–water partition coefficient (Wildman–Crippen LogP) is 1.03. The molecule has 0 saturated carbocycles. The summed E-state index contributed by atoms with van der Waals surface area (Å²) in [5.41, 5.74) is 8.01. The number of aliphatic hydroxyl groups is 1. The van der Waals surface area contributed by atoms with Crippen LogP contribution in [0.25, 0.3) is 6.08 Å². The van der Waals surface area contributed by atoms with E-state index in [1.165, 1.54) is 0 Å². The maximum Gasteiger partial charge on any atom is 0.119 e. The van der Waals surface area contributed by atoms with Gasteiger partial charge < -0.3 is 10.8 Å². The Balaban J connectivity index is 2.58. The highest BCUT2D eigenvalue weighted by Crippen LogP contribution is 2.30. The first-order valence-electron chi connectivity index (χ1n) is 3.53. The second-order valence-corrected chi connectivity index (χ2v) is 2.68. The molecule has 1 aliphatic rings. The van der Waals surface area contributed by atoms with Crippen molar-refractivity contribution in [1.29, 1.82) is 0 Å². The van der Waals surface area contributed by atoms with Gasteiger partial charge in [0.05, 0.1) is 0 Å². The zero-order valence-electron chi connectivity index (χ0n) is 5.99. The Morgan fingerprint density at radius 2 is 2.00 bits per heavy atom. The summed E-state index contributed by atoms with van der Waals surface area (Å²) >= 11 is 0. The highest BCUT2D eigenvalue weighted by Gasteiger charge is 2.19. The van der Waals surface area contributed by atoms with E-state index in [1.807, 2.05) is 24.3 Å². The summed E-state index contributed by atoms with van der Waals surface area (Å²) in [6, 6.07) is 7.66. The van der Waals surface area contributed by atoms with Crippen LogP contribution in [-0.2, 0) is 0 Å². The van der Waals surface area contributed by atoms with E-state index in [-0.39, 0.29) is 0 Å². The molecule has 0 heterocycles. The molecule has 3 N–H and O–H groups in total. The normalized spacial score (nSPS) is 21.2. The van der Waals surface area contributed by atoms with Crippen LogP contribution in [0.5, 0.6) is 0 Å². The largest absolute Gasteiger partial charge is 0.400 e. The van der Waals surface area contributed by atoms with Crippen molar-refractivity contribution in [3.63, 3.8) is 0 Å². The van der Waals surface area contributed by atoms with Crippen LogP contribution in [0.2, 0.25) is 0 Å². The fraction of sp³-hybridized carbons (Fsp3) is 0.111. The lowest BCUT2D eigenvalue weighted by Crippen LogP contribution is -2.04. The summed E-state index contributed by atoms with van der Waals surface area (Å²) in [5, 5.41) is 9.46. The summed E-state index contributed by atoms with van der Waals surface area (Å²) in [7, 11) is 0. The third-order valence-electron chi connectivity index (χ3n) is 1.93. The molecular formula is C9H9NO. The quantitative estimate of drug-likeness (QED) is 0.575. The van der Waals surface area contributed by atoms with E-state index >= 15 is 0 Å². The average Bonchev–Trinajstić information content (AvgIpc) is 2.30. The monoisotopic (exact) mass is 147 g/mol. The molecule has 0 bridgehead atoms.